The van der Waals surface area contributed by atoms with Gasteiger partial charge < -0.3 is 14.7 Å². The van der Waals surface area contributed by atoms with Crippen molar-refractivity contribution in [1.29, 1.82) is 0 Å². The average molecular weight is 381 g/mol. The van der Waals surface area contributed by atoms with Crippen molar-refractivity contribution in [3.8, 4) is 0 Å². The summed E-state index contributed by atoms with van der Waals surface area (Å²) in [5.41, 5.74) is 2.49. The molecule has 0 spiro atoms. The molecule has 5 heteroatoms. The number of hydrogen-bond donors (Lipinski definition) is 1. The van der Waals surface area contributed by atoms with Gasteiger partial charge in [-0.3, -0.25) is 9.59 Å². The van der Waals surface area contributed by atoms with Crippen molar-refractivity contribution in [1.82, 2.24) is 10.2 Å². The van der Waals surface area contributed by atoms with Crippen LogP contribution in [0.15, 0.2) is 60.7 Å². The van der Waals surface area contributed by atoms with Gasteiger partial charge >= 0.3 is 0 Å². The van der Waals surface area contributed by atoms with Gasteiger partial charge in [-0.05, 0) is 17.5 Å². The molecule has 28 heavy (non-hydrogen) atoms. The van der Waals surface area contributed by atoms with Gasteiger partial charge in [0, 0.05) is 12.5 Å². The molecule has 1 aliphatic rings. The molecule has 2 aromatic carbocycles. The van der Waals surface area contributed by atoms with Crippen molar-refractivity contribution in [2.75, 3.05) is 46.8 Å². The van der Waals surface area contributed by atoms with Crippen LogP contribution in [0.2, 0.25) is 0 Å². The Hall–Kier alpha value is -2.66. The molecule has 1 aliphatic heterocycles. The zero-order chi connectivity index (χ0) is 20.0. The number of likely N-dealkylation sites (N-methyl/N-ethyl adjacent to an activating group) is 1. The number of piperazine rings is 1. The lowest BCUT2D eigenvalue weighted by Gasteiger charge is -2.38. The smallest absolute Gasteiger partial charge is 0.278 e. The zero-order valence-electron chi connectivity index (χ0n) is 16.8. The van der Waals surface area contributed by atoms with Gasteiger partial charge in [-0.15, -0.1) is 0 Å². The third kappa shape index (κ3) is 5.42. The molecule has 3 rings (SSSR count). The lowest BCUT2D eigenvalue weighted by Crippen LogP contribution is -2.59. The van der Waals surface area contributed by atoms with Crippen molar-refractivity contribution in [3.05, 3.63) is 71.8 Å². The predicted molar refractivity (Wildman–Crippen MR) is 111 cm³/mol. The van der Waals surface area contributed by atoms with Crippen LogP contribution in [0.4, 0.5) is 0 Å². The molecule has 0 atom stereocenters. The highest BCUT2D eigenvalue weighted by Gasteiger charge is 2.31. The number of carbonyl (C=O) groups is 2. The van der Waals surface area contributed by atoms with Gasteiger partial charge in [-0.25, -0.2) is 0 Å². The molecule has 0 saturated carbocycles. The zero-order valence-corrected chi connectivity index (χ0v) is 16.8. The van der Waals surface area contributed by atoms with E-state index in [2.05, 4.69) is 29.6 Å². The van der Waals surface area contributed by atoms with Crippen molar-refractivity contribution in [3.63, 3.8) is 0 Å². The van der Waals surface area contributed by atoms with E-state index in [1.165, 1.54) is 11.1 Å². The second kappa shape index (κ2) is 9.02. The van der Waals surface area contributed by atoms with E-state index in [1.807, 2.05) is 50.5 Å². The summed E-state index contributed by atoms with van der Waals surface area (Å²) in [5, 5.41) is 3.00. The molecule has 1 saturated heterocycles. The van der Waals surface area contributed by atoms with Crippen LogP contribution >= 0.6 is 0 Å². The van der Waals surface area contributed by atoms with Crippen molar-refractivity contribution in [2.45, 2.75) is 12.3 Å². The summed E-state index contributed by atoms with van der Waals surface area (Å²) < 4.78 is 0.687. The van der Waals surface area contributed by atoms with E-state index < -0.39 is 0 Å². The van der Waals surface area contributed by atoms with Gasteiger partial charge in [0.05, 0.1) is 33.7 Å². The molecule has 1 heterocycles. The quantitative estimate of drug-likeness (QED) is 0.749. The number of amides is 2. The number of benzene rings is 2. The van der Waals surface area contributed by atoms with Gasteiger partial charge in [0.15, 0.2) is 6.54 Å². The Kier molecular flexibility index (Phi) is 6.47. The maximum absolute atomic E-state index is 12.4. The molecular formula is C23H30N3O2+. The maximum Gasteiger partial charge on any atom is 0.278 e. The first-order chi connectivity index (χ1) is 13.4. The molecule has 0 bridgehead atoms. The number of quaternary nitrogens is 1. The SMILES string of the molecule is C[N+]1(C)CCN(CC(=O)NCCC(c2ccccc2)c2ccccc2)C(=O)C1. The Labute approximate surface area is 167 Å². The molecule has 1 N–H and O–H groups in total. The number of rotatable bonds is 7. The molecule has 1 fully saturated rings. The fraction of sp³-hybridized carbons (Fsp3) is 0.391. The highest BCUT2D eigenvalue weighted by atomic mass is 16.2. The first-order valence-electron chi connectivity index (χ1n) is 9.91. The van der Waals surface area contributed by atoms with E-state index in [9.17, 15) is 9.59 Å². The first-order valence-corrected chi connectivity index (χ1v) is 9.91. The fourth-order valence-electron chi connectivity index (χ4n) is 3.71. The van der Waals surface area contributed by atoms with E-state index >= 15 is 0 Å². The minimum absolute atomic E-state index is 0.0536. The van der Waals surface area contributed by atoms with Crippen LogP contribution < -0.4 is 5.32 Å². The number of hydrogen-bond acceptors (Lipinski definition) is 2. The molecule has 0 unspecified atom stereocenters. The Bertz CT molecular complexity index is 751. The van der Waals surface area contributed by atoms with E-state index in [0.717, 1.165) is 13.0 Å². The van der Waals surface area contributed by atoms with Gasteiger partial charge in [-0.2, -0.15) is 0 Å². The molecule has 2 aromatic rings. The van der Waals surface area contributed by atoms with Gasteiger partial charge in [0.25, 0.3) is 5.91 Å². The molecule has 0 radical (unpaired) electrons. The normalized spacial score (nSPS) is 16.2. The minimum atomic E-state index is -0.0829. The molecule has 5 nitrogen and oxygen atoms in total. The summed E-state index contributed by atoms with van der Waals surface area (Å²) in [5.74, 6) is 0.204. The first kappa shape index (κ1) is 20.1. The molecule has 0 aliphatic carbocycles. The van der Waals surface area contributed by atoms with Gasteiger partial charge in [-0.1, -0.05) is 60.7 Å². The molecular weight excluding hydrogens is 350 g/mol. The van der Waals surface area contributed by atoms with Crippen LogP contribution in [0.1, 0.15) is 23.5 Å². The Morgan fingerprint density at radius 1 is 1.04 bits per heavy atom. The second-order valence-corrected chi connectivity index (χ2v) is 8.15. The van der Waals surface area contributed by atoms with Crippen LogP contribution in [0.3, 0.4) is 0 Å². The van der Waals surface area contributed by atoms with Crippen molar-refractivity contribution in [2.24, 2.45) is 0 Å². The summed E-state index contributed by atoms with van der Waals surface area (Å²) in [7, 11) is 4.09. The Morgan fingerprint density at radius 2 is 1.61 bits per heavy atom. The maximum atomic E-state index is 12.4. The summed E-state index contributed by atoms with van der Waals surface area (Å²) in [4.78, 5) is 26.3. The topological polar surface area (TPSA) is 49.4 Å². The van der Waals surface area contributed by atoms with Crippen LogP contribution in [-0.2, 0) is 9.59 Å². The average Bonchev–Trinajstić information content (AvgIpc) is 2.68. The summed E-state index contributed by atoms with van der Waals surface area (Å²) in [6.45, 7) is 2.70. The van der Waals surface area contributed by atoms with Crippen molar-refractivity contribution < 1.29 is 14.1 Å². The summed E-state index contributed by atoms with van der Waals surface area (Å²) in [6, 6.07) is 20.7. The van der Waals surface area contributed by atoms with E-state index in [4.69, 9.17) is 0 Å². The summed E-state index contributed by atoms with van der Waals surface area (Å²) >= 11 is 0. The minimum Gasteiger partial charge on any atom is -0.355 e. The van der Waals surface area contributed by atoms with Crippen LogP contribution in [-0.4, -0.2) is 68.0 Å². The van der Waals surface area contributed by atoms with E-state index in [1.54, 1.807) is 4.90 Å². The molecule has 148 valence electrons. The lowest BCUT2D eigenvalue weighted by atomic mass is 9.88. The number of carbonyl (C=O) groups excluding carboxylic acids is 2. The van der Waals surface area contributed by atoms with E-state index in [0.29, 0.717) is 24.1 Å². The third-order valence-corrected chi connectivity index (χ3v) is 5.38. The number of nitrogens with zero attached hydrogens (tertiary/aromatic N) is 2. The second-order valence-electron chi connectivity index (χ2n) is 8.15. The molecule has 2 amide bonds. The van der Waals surface area contributed by atoms with Gasteiger partial charge in [0.2, 0.25) is 5.91 Å². The lowest BCUT2D eigenvalue weighted by molar-refractivity contribution is -0.885. The number of nitrogens with one attached hydrogen (secondary N) is 1. The van der Waals surface area contributed by atoms with Crippen molar-refractivity contribution >= 4 is 11.8 Å². The van der Waals surface area contributed by atoms with Crippen LogP contribution in [0.25, 0.3) is 0 Å². The Morgan fingerprint density at radius 3 is 2.14 bits per heavy atom. The van der Waals surface area contributed by atoms with Crippen LogP contribution in [0, 0.1) is 0 Å². The van der Waals surface area contributed by atoms with Gasteiger partial charge in [0.1, 0.15) is 0 Å². The summed E-state index contributed by atoms with van der Waals surface area (Å²) in [6.07, 6.45) is 0.817. The van der Waals surface area contributed by atoms with E-state index in [-0.39, 0.29) is 24.3 Å². The third-order valence-electron chi connectivity index (χ3n) is 5.38. The Balaban J connectivity index is 1.54. The predicted octanol–water partition coefficient (Wildman–Crippen LogP) is 2.24. The standard InChI is InChI=1S/C23H29N3O2/c1-26(2)16-15-25(23(28)18-26)17-22(27)24-14-13-21(19-9-5-3-6-10-19)20-11-7-4-8-12-20/h3-12,21H,13-18H2,1-2H3/p+1. The monoisotopic (exact) mass is 380 g/mol. The fourth-order valence-corrected chi connectivity index (χ4v) is 3.71. The van der Waals surface area contributed by atoms with Crippen LogP contribution in [0.5, 0.6) is 0 Å². The highest BCUT2D eigenvalue weighted by Crippen LogP contribution is 2.27. The molecule has 0 aromatic heterocycles. The highest BCUT2D eigenvalue weighted by molar-refractivity contribution is 5.85. The largest absolute Gasteiger partial charge is 0.355 e.